The van der Waals surface area contributed by atoms with Crippen LogP contribution in [0.3, 0.4) is 0 Å². The maximum atomic E-state index is 5.86. The summed E-state index contributed by atoms with van der Waals surface area (Å²) in [6.45, 7) is 8.69. The molecule has 0 saturated carbocycles. The molecule has 0 bridgehead atoms. The standard InChI is InChI=1S/C14H19ClN2/c1-10-5-6-12-11(9-10)16-13(7-8-15)17(12)14(2,3)4/h5-6,9H,7-8H2,1-4H3. The lowest BCUT2D eigenvalue weighted by Crippen LogP contribution is -2.24. The lowest BCUT2D eigenvalue weighted by atomic mass is 10.1. The summed E-state index contributed by atoms with van der Waals surface area (Å²) in [5.74, 6) is 1.69. The molecule has 0 N–H and O–H groups in total. The van der Waals surface area contributed by atoms with E-state index in [9.17, 15) is 0 Å². The first-order valence-corrected chi connectivity index (χ1v) is 6.51. The number of rotatable bonds is 2. The molecule has 1 aromatic heterocycles. The summed E-state index contributed by atoms with van der Waals surface area (Å²) in [6, 6.07) is 6.42. The molecule has 0 aliphatic carbocycles. The van der Waals surface area contributed by atoms with Gasteiger partial charge in [0.15, 0.2) is 0 Å². The van der Waals surface area contributed by atoms with Crippen LogP contribution in [0.2, 0.25) is 0 Å². The van der Waals surface area contributed by atoms with Crippen LogP contribution in [0.25, 0.3) is 11.0 Å². The van der Waals surface area contributed by atoms with Crippen molar-refractivity contribution in [1.82, 2.24) is 9.55 Å². The quantitative estimate of drug-likeness (QED) is 0.740. The number of imidazole rings is 1. The number of benzene rings is 1. The zero-order valence-corrected chi connectivity index (χ0v) is 11.7. The number of aromatic nitrogens is 2. The van der Waals surface area contributed by atoms with Gasteiger partial charge in [0.2, 0.25) is 0 Å². The highest BCUT2D eigenvalue weighted by molar-refractivity contribution is 6.17. The van der Waals surface area contributed by atoms with Crippen LogP contribution >= 0.6 is 11.6 Å². The van der Waals surface area contributed by atoms with Gasteiger partial charge in [-0.2, -0.15) is 0 Å². The van der Waals surface area contributed by atoms with Crippen LogP contribution in [0.1, 0.15) is 32.2 Å². The minimum absolute atomic E-state index is 0.0331. The van der Waals surface area contributed by atoms with Crippen molar-refractivity contribution in [1.29, 1.82) is 0 Å². The van der Waals surface area contributed by atoms with Gasteiger partial charge in [0.05, 0.1) is 11.0 Å². The van der Waals surface area contributed by atoms with Crippen LogP contribution in [0.4, 0.5) is 0 Å². The van der Waals surface area contributed by atoms with Crippen molar-refractivity contribution in [3.63, 3.8) is 0 Å². The lowest BCUT2D eigenvalue weighted by Gasteiger charge is -2.24. The van der Waals surface area contributed by atoms with E-state index in [0.29, 0.717) is 5.88 Å². The number of fused-ring (bicyclic) bond motifs is 1. The summed E-state index contributed by atoms with van der Waals surface area (Å²) in [5, 5.41) is 0. The van der Waals surface area contributed by atoms with Gasteiger partial charge in [-0.15, -0.1) is 11.6 Å². The van der Waals surface area contributed by atoms with Crippen LogP contribution in [0.15, 0.2) is 18.2 Å². The Kier molecular flexibility index (Phi) is 3.17. The van der Waals surface area contributed by atoms with Crippen LogP contribution in [0, 0.1) is 6.92 Å². The van der Waals surface area contributed by atoms with Crippen molar-refractivity contribution in [2.75, 3.05) is 5.88 Å². The molecule has 0 fully saturated rings. The third-order valence-corrected chi connectivity index (χ3v) is 3.06. The Hall–Kier alpha value is -1.02. The topological polar surface area (TPSA) is 17.8 Å². The molecular weight excluding hydrogens is 232 g/mol. The van der Waals surface area contributed by atoms with E-state index < -0.39 is 0 Å². The molecule has 0 atom stereocenters. The Balaban J connectivity index is 2.71. The monoisotopic (exact) mass is 250 g/mol. The highest BCUT2D eigenvalue weighted by Gasteiger charge is 2.20. The molecule has 0 saturated heterocycles. The summed E-state index contributed by atoms with van der Waals surface area (Å²) in [5.41, 5.74) is 3.54. The van der Waals surface area contributed by atoms with Crippen molar-refractivity contribution in [3.8, 4) is 0 Å². The largest absolute Gasteiger partial charge is 0.323 e. The van der Waals surface area contributed by atoms with Gasteiger partial charge >= 0.3 is 0 Å². The molecule has 0 spiro atoms. The highest BCUT2D eigenvalue weighted by Crippen LogP contribution is 2.26. The summed E-state index contributed by atoms with van der Waals surface area (Å²) in [7, 11) is 0. The smallest absolute Gasteiger partial charge is 0.111 e. The molecule has 1 heterocycles. The molecule has 0 radical (unpaired) electrons. The fraction of sp³-hybridized carbons (Fsp3) is 0.500. The Morgan fingerprint density at radius 3 is 2.59 bits per heavy atom. The van der Waals surface area contributed by atoms with Gasteiger partial charge in [-0.05, 0) is 45.4 Å². The van der Waals surface area contributed by atoms with E-state index in [4.69, 9.17) is 16.6 Å². The summed E-state index contributed by atoms with van der Waals surface area (Å²) in [6.07, 6.45) is 0.812. The second kappa shape index (κ2) is 4.34. The summed E-state index contributed by atoms with van der Waals surface area (Å²) < 4.78 is 2.30. The van der Waals surface area contributed by atoms with E-state index in [-0.39, 0.29) is 5.54 Å². The molecule has 17 heavy (non-hydrogen) atoms. The fourth-order valence-electron chi connectivity index (χ4n) is 2.24. The van der Waals surface area contributed by atoms with Crippen molar-refractivity contribution in [3.05, 3.63) is 29.6 Å². The maximum Gasteiger partial charge on any atom is 0.111 e. The molecule has 0 amide bonds. The average Bonchev–Trinajstić information content (AvgIpc) is 2.54. The van der Waals surface area contributed by atoms with Gasteiger partial charge in [0.1, 0.15) is 5.82 Å². The van der Waals surface area contributed by atoms with Gasteiger partial charge in [0.25, 0.3) is 0 Å². The number of hydrogen-bond donors (Lipinski definition) is 0. The van der Waals surface area contributed by atoms with Crippen molar-refractivity contribution in [2.24, 2.45) is 0 Å². The van der Waals surface area contributed by atoms with Crippen LogP contribution in [-0.2, 0) is 12.0 Å². The first-order chi connectivity index (χ1) is 7.93. The lowest BCUT2D eigenvalue weighted by molar-refractivity contribution is 0.395. The Morgan fingerprint density at radius 2 is 2.00 bits per heavy atom. The Labute approximate surface area is 108 Å². The Bertz CT molecular complexity index is 535. The second-order valence-corrected chi connectivity index (χ2v) is 5.84. The zero-order chi connectivity index (χ0) is 12.6. The predicted octanol–water partition coefficient (Wildman–Crippen LogP) is 3.88. The third-order valence-electron chi connectivity index (χ3n) is 2.87. The molecule has 2 aromatic rings. The first kappa shape index (κ1) is 12.4. The fourth-order valence-corrected chi connectivity index (χ4v) is 2.41. The maximum absolute atomic E-state index is 5.86. The molecular formula is C14H19ClN2. The van der Waals surface area contributed by atoms with Crippen molar-refractivity contribution < 1.29 is 0 Å². The SMILES string of the molecule is Cc1ccc2c(c1)nc(CCCl)n2C(C)(C)C. The molecule has 92 valence electrons. The van der Waals surface area contributed by atoms with Gasteiger partial charge in [-0.1, -0.05) is 6.07 Å². The van der Waals surface area contributed by atoms with Gasteiger partial charge in [-0.3, -0.25) is 0 Å². The summed E-state index contributed by atoms with van der Waals surface area (Å²) in [4.78, 5) is 4.71. The van der Waals surface area contributed by atoms with Crippen LogP contribution < -0.4 is 0 Å². The molecule has 2 rings (SSSR count). The normalized spacial score (nSPS) is 12.3. The van der Waals surface area contributed by atoms with Crippen LogP contribution in [0.5, 0.6) is 0 Å². The van der Waals surface area contributed by atoms with Gasteiger partial charge < -0.3 is 4.57 Å². The first-order valence-electron chi connectivity index (χ1n) is 5.98. The zero-order valence-electron chi connectivity index (χ0n) is 10.9. The summed E-state index contributed by atoms with van der Waals surface area (Å²) >= 11 is 5.86. The van der Waals surface area contributed by atoms with Gasteiger partial charge in [0, 0.05) is 17.8 Å². The molecule has 0 aliphatic heterocycles. The number of halogens is 1. The Morgan fingerprint density at radius 1 is 1.29 bits per heavy atom. The minimum atomic E-state index is 0.0331. The van der Waals surface area contributed by atoms with E-state index in [1.165, 1.54) is 11.1 Å². The highest BCUT2D eigenvalue weighted by atomic mass is 35.5. The number of alkyl halides is 1. The molecule has 3 heteroatoms. The van der Waals surface area contributed by atoms with E-state index in [1.807, 2.05) is 0 Å². The van der Waals surface area contributed by atoms with E-state index >= 15 is 0 Å². The van der Waals surface area contributed by atoms with E-state index in [1.54, 1.807) is 0 Å². The molecule has 1 aromatic carbocycles. The second-order valence-electron chi connectivity index (χ2n) is 5.47. The number of hydrogen-bond acceptors (Lipinski definition) is 1. The van der Waals surface area contributed by atoms with Crippen LogP contribution in [-0.4, -0.2) is 15.4 Å². The number of aryl methyl sites for hydroxylation is 2. The minimum Gasteiger partial charge on any atom is -0.323 e. The molecule has 0 unspecified atom stereocenters. The average molecular weight is 251 g/mol. The van der Waals surface area contributed by atoms with Crippen molar-refractivity contribution in [2.45, 2.75) is 39.7 Å². The molecule has 2 nitrogen and oxygen atoms in total. The predicted molar refractivity (Wildman–Crippen MR) is 73.9 cm³/mol. The van der Waals surface area contributed by atoms with E-state index in [2.05, 4.69) is 50.5 Å². The number of nitrogens with zero attached hydrogens (tertiary/aromatic N) is 2. The third kappa shape index (κ3) is 2.32. The molecule has 0 aliphatic rings. The van der Waals surface area contributed by atoms with E-state index in [0.717, 1.165) is 17.8 Å². The van der Waals surface area contributed by atoms with Crippen molar-refractivity contribution >= 4 is 22.6 Å². The van der Waals surface area contributed by atoms with Gasteiger partial charge in [-0.25, -0.2) is 4.98 Å².